The molecule has 0 fully saturated rings. The summed E-state index contributed by atoms with van der Waals surface area (Å²) in [6.45, 7) is 1.56. The fraction of sp³-hybridized carbons (Fsp3) is 0.304. The van der Waals surface area contributed by atoms with Gasteiger partial charge in [0.25, 0.3) is 0 Å². The Morgan fingerprint density at radius 2 is 1.83 bits per heavy atom. The fourth-order valence-corrected chi connectivity index (χ4v) is 4.06. The van der Waals surface area contributed by atoms with Crippen LogP contribution < -0.4 is 5.32 Å². The predicted molar refractivity (Wildman–Crippen MR) is 117 cm³/mol. The number of carbonyl (C=O) groups excluding carboxylic acids is 2. The van der Waals surface area contributed by atoms with Crippen LogP contribution in [0.4, 0.5) is 0 Å². The number of nitrogens with one attached hydrogen (secondary N) is 3. The first-order valence-corrected chi connectivity index (χ1v) is 10.0. The van der Waals surface area contributed by atoms with Crippen molar-refractivity contribution in [3.05, 3.63) is 58.6 Å². The van der Waals surface area contributed by atoms with E-state index >= 15 is 0 Å². The van der Waals surface area contributed by atoms with Crippen molar-refractivity contribution in [3.8, 4) is 5.75 Å². The summed E-state index contributed by atoms with van der Waals surface area (Å²) in [6.07, 6.45) is 6.54. The van der Waals surface area contributed by atoms with E-state index in [0.29, 0.717) is 23.3 Å². The molecule has 0 aliphatic heterocycles. The number of benzene rings is 1. The molecule has 7 heteroatoms. The van der Waals surface area contributed by atoms with Crippen molar-refractivity contribution in [2.75, 3.05) is 34.2 Å². The summed E-state index contributed by atoms with van der Waals surface area (Å²) < 4.78 is 0. The van der Waals surface area contributed by atoms with Gasteiger partial charge in [0, 0.05) is 35.5 Å². The molecule has 0 amide bonds. The number of hydrogen-bond donors (Lipinski definition) is 4. The lowest BCUT2D eigenvalue weighted by Gasteiger charge is -2.16. The molecule has 7 nitrogen and oxygen atoms in total. The molecule has 0 bridgehead atoms. The van der Waals surface area contributed by atoms with E-state index in [2.05, 4.69) is 15.3 Å². The topological polar surface area (TPSA) is 101 Å². The van der Waals surface area contributed by atoms with Gasteiger partial charge in [-0.15, -0.1) is 0 Å². The number of Topliss-reactive ketones (excluding diaryl/α,β-unsaturated/α-hetero) is 1. The Kier molecular flexibility index (Phi) is 5.32. The highest BCUT2D eigenvalue weighted by Crippen LogP contribution is 2.38. The number of phenols is 1. The lowest BCUT2D eigenvalue weighted by Crippen LogP contribution is -2.21. The number of H-pyrrole nitrogens is 2. The smallest absolute Gasteiger partial charge is 0.235 e. The molecule has 4 N–H and O–H groups in total. The Morgan fingerprint density at radius 1 is 1.07 bits per heavy atom. The molecule has 0 spiro atoms. The predicted octanol–water partition coefficient (Wildman–Crippen LogP) is 2.26. The Labute approximate surface area is 174 Å². The van der Waals surface area contributed by atoms with Gasteiger partial charge in [-0.25, -0.2) is 0 Å². The molecule has 30 heavy (non-hydrogen) atoms. The van der Waals surface area contributed by atoms with Crippen LogP contribution in [0.5, 0.6) is 5.75 Å². The zero-order valence-corrected chi connectivity index (χ0v) is 17.4. The van der Waals surface area contributed by atoms with Gasteiger partial charge in [0.2, 0.25) is 11.6 Å². The number of carbonyl (C=O) groups is 2. The lowest BCUT2D eigenvalue weighted by atomic mass is 9.87. The van der Waals surface area contributed by atoms with E-state index in [9.17, 15) is 14.7 Å². The molecular formula is C23H26N4O3. The largest absolute Gasteiger partial charge is 0.507 e. The van der Waals surface area contributed by atoms with Crippen molar-refractivity contribution in [3.63, 3.8) is 0 Å². The van der Waals surface area contributed by atoms with Crippen LogP contribution >= 0.6 is 0 Å². The van der Waals surface area contributed by atoms with Gasteiger partial charge in [-0.3, -0.25) is 9.59 Å². The number of allylic oxidation sites excluding steroid dienone is 1. The molecule has 0 radical (unpaired) electrons. The third kappa shape index (κ3) is 3.36. The van der Waals surface area contributed by atoms with Crippen molar-refractivity contribution >= 4 is 28.0 Å². The lowest BCUT2D eigenvalue weighted by molar-refractivity contribution is -0.111. The van der Waals surface area contributed by atoms with Gasteiger partial charge in [0.05, 0.1) is 16.8 Å². The third-order valence-corrected chi connectivity index (χ3v) is 5.62. The number of aromatic amines is 2. The number of fused-ring (bicyclic) bond motifs is 2. The zero-order chi connectivity index (χ0) is 21.4. The van der Waals surface area contributed by atoms with Crippen LogP contribution in [0.3, 0.4) is 0 Å². The summed E-state index contributed by atoms with van der Waals surface area (Å²) in [7, 11) is 5.83. The van der Waals surface area contributed by atoms with Gasteiger partial charge in [-0.1, -0.05) is 0 Å². The highest BCUT2D eigenvalue weighted by atomic mass is 16.3. The molecule has 156 valence electrons. The van der Waals surface area contributed by atoms with E-state index in [1.54, 1.807) is 12.1 Å². The summed E-state index contributed by atoms with van der Waals surface area (Å²) in [5, 5.41) is 14.3. The normalized spacial score (nSPS) is 13.9. The molecule has 0 atom stereocenters. The van der Waals surface area contributed by atoms with E-state index in [4.69, 9.17) is 0 Å². The number of ketones is 2. The van der Waals surface area contributed by atoms with Crippen molar-refractivity contribution < 1.29 is 14.7 Å². The monoisotopic (exact) mass is 406 g/mol. The van der Waals surface area contributed by atoms with Crippen LogP contribution in [0.25, 0.3) is 16.5 Å². The van der Waals surface area contributed by atoms with Crippen molar-refractivity contribution in [1.82, 2.24) is 20.2 Å². The van der Waals surface area contributed by atoms with Crippen molar-refractivity contribution in [2.24, 2.45) is 0 Å². The van der Waals surface area contributed by atoms with Crippen LogP contribution in [-0.4, -0.2) is 65.8 Å². The van der Waals surface area contributed by atoms with Gasteiger partial charge in [-0.2, -0.15) is 0 Å². The average molecular weight is 406 g/mol. The second kappa shape index (κ2) is 7.93. The quantitative estimate of drug-likeness (QED) is 0.451. The van der Waals surface area contributed by atoms with Crippen LogP contribution in [0, 0.1) is 0 Å². The van der Waals surface area contributed by atoms with Crippen molar-refractivity contribution in [1.29, 1.82) is 0 Å². The van der Waals surface area contributed by atoms with E-state index in [-0.39, 0.29) is 5.75 Å². The molecule has 1 aliphatic carbocycles. The van der Waals surface area contributed by atoms with Crippen molar-refractivity contribution in [2.45, 2.75) is 12.8 Å². The van der Waals surface area contributed by atoms with Crippen LogP contribution in [0.15, 0.2) is 30.6 Å². The highest BCUT2D eigenvalue weighted by Gasteiger charge is 2.31. The molecular weight excluding hydrogens is 380 g/mol. The summed E-state index contributed by atoms with van der Waals surface area (Å²) in [6, 6.07) is 3.43. The van der Waals surface area contributed by atoms with E-state index in [1.165, 1.54) is 6.08 Å². The minimum Gasteiger partial charge on any atom is -0.507 e. The zero-order valence-electron chi connectivity index (χ0n) is 17.4. The number of aromatic nitrogens is 2. The number of nitrogens with zero attached hydrogens (tertiary/aromatic N) is 1. The number of hydrogen-bond acceptors (Lipinski definition) is 5. The maximum atomic E-state index is 12.7. The molecule has 1 aliphatic rings. The third-order valence-electron chi connectivity index (χ3n) is 5.62. The Balaban J connectivity index is 1.84. The summed E-state index contributed by atoms with van der Waals surface area (Å²) in [5.41, 5.74) is 5.16. The molecule has 0 saturated carbocycles. The second-order valence-electron chi connectivity index (χ2n) is 7.92. The standard InChI is InChI=1S/C23H26N4O3/c1-24-8-6-13-11-25-21-15(4-5-17(28)19(13)21)16-10-18(29)23(30)20-14(7-9-27(2)3)12-26-22(16)20/h4-5,10-12,24-26,28H,6-9H2,1-3H3. The van der Waals surface area contributed by atoms with Crippen LogP contribution in [0.2, 0.25) is 0 Å². The average Bonchev–Trinajstić information content (AvgIpc) is 3.33. The summed E-state index contributed by atoms with van der Waals surface area (Å²) in [5.74, 6) is -0.801. The van der Waals surface area contributed by atoms with Crippen LogP contribution in [-0.2, 0) is 17.6 Å². The van der Waals surface area contributed by atoms with Gasteiger partial charge < -0.3 is 25.3 Å². The molecule has 2 aromatic heterocycles. The Hall–Kier alpha value is -3.16. The van der Waals surface area contributed by atoms with E-state index in [1.807, 2.05) is 38.4 Å². The first-order chi connectivity index (χ1) is 14.4. The number of phenolic OH excluding ortho intramolecular Hbond substituents is 1. The number of likely N-dealkylation sites (N-methyl/N-ethyl adjacent to an activating group) is 2. The number of rotatable bonds is 7. The Bertz CT molecular complexity index is 1170. The van der Waals surface area contributed by atoms with Gasteiger partial charge in [0.15, 0.2) is 0 Å². The molecule has 0 saturated heterocycles. The molecule has 4 rings (SSSR count). The first-order valence-electron chi connectivity index (χ1n) is 10.0. The van der Waals surface area contributed by atoms with Gasteiger partial charge in [0.1, 0.15) is 5.75 Å². The second-order valence-corrected chi connectivity index (χ2v) is 7.92. The fourth-order valence-electron chi connectivity index (χ4n) is 4.06. The van der Waals surface area contributed by atoms with Gasteiger partial charge in [-0.05, 0) is 69.9 Å². The molecule has 2 heterocycles. The summed E-state index contributed by atoms with van der Waals surface area (Å²) >= 11 is 0. The van der Waals surface area contributed by atoms with E-state index in [0.717, 1.165) is 47.1 Å². The first kappa shape index (κ1) is 20.1. The minimum atomic E-state index is -0.522. The summed E-state index contributed by atoms with van der Waals surface area (Å²) in [4.78, 5) is 33.8. The maximum Gasteiger partial charge on any atom is 0.235 e. The SMILES string of the molecule is CNCCc1c[nH]c2c(C3=CC(=O)C(=O)c4c(CCN(C)C)c[nH]c43)ccc(O)c12. The maximum absolute atomic E-state index is 12.7. The van der Waals surface area contributed by atoms with Gasteiger partial charge >= 0.3 is 0 Å². The Morgan fingerprint density at radius 3 is 2.57 bits per heavy atom. The molecule has 3 aromatic rings. The van der Waals surface area contributed by atoms with E-state index < -0.39 is 11.6 Å². The molecule has 1 aromatic carbocycles. The molecule has 0 unspecified atom stereocenters. The number of aromatic hydroxyl groups is 1. The van der Waals surface area contributed by atoms with Crippen LogP contribution in [0.1, 0.15) is 32.7 Å². The minimum absolute atomic E-state index is 0.193. The highest BCUT2D eigenvalue weighted by molar-refractivity contribution is 6.51.